The van der Waals surface area contributed by atoms with E-state index >= 15 is 0 Å². The lowest BCUT2D eigenvalue weighted by molar-refractivity contribution is 0.101. The van der Waals surface area contributed by atoms with E-state index in [1.54, 1.807) is 43.6 Å². The fourth-order valence-corrected chi connectivity index (χ4v) is 3.47. The van der Waals surface area contributed by atoms with Crippen molar-refractivity contribution in [2.45, 2.75) is 25.2 Å². The highest BCUT2D eigenvalue weighted by molar-refractivity contribution is 6.05. The average molecular weight is 451 g/mol. The molecule has 0 unspecified atom stereocenters. The first kappa shape index (κ1) is 20.7. The van der Waals surface area contributed by atoms with E-state index in [2.05, 4.69) is 25.8 Å². The largest absolute Gasteiger partial charge is 0.321 e. The molecule has 0 radical (unpaired) electrons. The van der Waals surface area contributed by atoms with Gasteiger partial charge in [0.15, 0.2) is 17.0 Å². The molecular formula is C22H19F2N7O2. The van der Waals surface area contributed by atoms with Gasteiger partial charge in [-0.25, -0.2) is 18.3 Å². The predicted octanol–water partition coefficient (Wildman–Crippen LogP) is 3.78. The van der Waals surface area contributed by atoms with Crippen molar-refractivity contribution < 1.29 is 18.4 Å². The minimum Gasteiger partial charge on any atom is -0.321 e. The number of alkyl halides is 2. The predicted molar refractivity (Wildman–Crippen MR) is 115 cm³/mol. The molecule has 2 amide bonds. The highest BCUT2D eigenvalue weighted by Crippen LogP contribution is 2.40. The summed E-state index contributed by atoms with van der Waals surface area (Å²) >= 11 is 0. The molecule has 0 saturated heterocycles. The summed E-state index contributed by atoms with van der Waals surface area (Å²) < 4.78 is 29.6. The fraction of sp³-hybridized carbons (Fsp3) is 0.227. The SMILES string of the molecule is Cn1ccc(C(=O)Nc2cccc(NC(=O)c3cc4nc(C5CC5)cc(C(F)F)n4n3)c2)n1. The highest BCUT2D eigenvalue weighted by Gasteiger charge is 2.28. The summed E-state index contributed by atoms with van der Waals surface area (Å²) in [5.74, 6) is -0.790. The van der Waals surface area contributed by atoms with Crippen LogP contribution in [0.15, 0.2) is 48.7 Å². The summed E-state index contributed by atoms with van der Waals surface area (Å²) in [5, 5.41) is 13.5. The number of carbonyl (C=O) groups is 2. The summed E-state index contributed by atoms with van der Waals surface area (Å²) in [5.41, 5.74) is 1.58. The van der Waals surface area contributed by atoms with Crippen molar-refractivity contribution in [3.63, 3.8) is 0 Å². The van der Waals surface area contributed by atoms with E-state index < -0.39 is 18.2 Å². The Morgan fingerprint density at radius 1 is 1.00 bits per heavy atom. The number of hydrogen-bond donors (Lipinski definition) is 2. The van der Waals surface area contributed by atoms with Crippen LogP contribution in [0.3, 0.4) is 0 Å². The first-order valence-corrected chi connectivity index (χ1v) is 10.3. The minimum atomic E-state index is -2.75. The molecule has 2 N–H and O–H groups in total. The average Bonchev–Trinajstić information content (AvgIpc) is 3.39. The molecule has 11 heteroatoms. The van der Waals surface area contributed by atoms with Gasteiger partial charge in [0, 0.05) is 42.3 Å². The molecule has 4 aromatic rings. The van der Waals surface area contributed by atoms with Crippen molar-refractivity contribution in [3.8, 4) is 0 Å². The van der Waals surface area contributed by atoms with Gasteiger partial charge in [0.05, 0.1) is 0 Å². The quantitative estimate of drug-likeness (QED) is 0.464. The van der Waals surface area contributed by atoms with Crippen LogP contribution in [0.25, 0.3) is 5.65 Å². The van der Waals surface area contributed by atoms with Crippen LogP contribution in [0.2, 0.25) is 0 Å². The number of rotatable bonds is 6. The van der Waals surface area contributed by atoms with E-state index in [0.717, 1.165) is 17.4 Å². The Bertz CT molecular complexity index is 1370. The van der Waals surface area contributed by atoms with Crippen molar-refractivity contribution >= 4 is 28.8 Å². The van der Waals surface area contributed by atoms with Crippen molar-refractivity contribution in [3.05, 3.63) is 71.4 Å². The zero-order valence-corrected chi connectivity index (χ0v) is 17.5. The number of nitrogens with zero attached hydrogens (tertiary/aromatic N) is 5. The third kappa shape index (κ3) is 4.29. The Morgan fingerprint density at radius 2 is 1.70 bits per heavy atom. The minimum absolute atomic E-state index is 0.0414. The monoisotopic (exact) mass is 451 g/mol. The zero-order valence-electron chi connectivity index (χ0n) is 17.5. The molecule has 9 nitrogen and oxygen atoms in total. The number of fused-ring (bicyclic) bond motifs is 1. The van der Waals surface area contributed by atoms with Crippen LogP contribution in [0.4, 0.5) is 20.2 Å². The lowest BCUT2D eigenvalue weighted by Gasteiger charge is -2.07. The van der Waals surface area contributed by atoms with Crippen LogP contribution in [-0.4, -0.2) is 36.2 Å². The topological polar surface area (TPSA) is 106 Å². The molecule has 1 fully saturated rings. The lowest BCUT2D eigenvalue weighted by Crippen LogP contribution is -2.15. The van der Waals surface area contributed by atoms with Gasteiger partial charge in [0.1, 0.15) is 5.69 Å². The van der Waals surface area contributed by atoms with Crippen LogP contribution in [0.5, 0.6) is 0 Å². The number of amides is 2. The Morgan fingerprint density at radius 3 is 2.30 bits per heavy atom. The van der Waals surface area contributed by atoms with Gasteiger partial charge in [-0.15, -0.1) is 0 Å². The first-order valence-electron chi connectivity index (χ1n) is 10.3. The van der Waals surface area contributed by atoms with Gasteiger partial charge in [0.25, 0.3) is 18.2 Å². The molecular weight excluding hydrogens is 432 g/mol. The third-order valence-electron chi connectivity index (χ3n) is 5.25. The van der Waals surface area contributed by atoms with Crippen molar-refractivity contribution in [2.24, 2.45) is 7.05 Å². The van der Waals surface area contributed by atoms with Gasteiger partial charge in [-0.2, -0.15) is 10.2 Å². The van der Waals surface area contributed by atoms with Crippen LogP contribution >= 0.6 is 0 Å². The maximum atomic E-state index is 13.6. The summed E-state index contributed by atoms with van der Waals surface area (Å²) in [6, 6.07) is 10.9. The Balaban J connectivity index is 1.35. The number of benzene rings is 1. The normalized spacial score (nSPS) is 13.5. The Hall–Kier alpha value is -4.15. The molecule has 1 aliphatic carbocycles. The van der Waals surface area contributed by atoms with Gasteiger partial charge in [-0.1, -0.05) is 6.07 Å². The van der Waals surface area contributed by atoms with E-state index in [9.17, 15) is 18.4 Å². The molecule has 0 atom stereocenters. The smallest absolute Gasteiger partial charge is 0.280 e. The lowest BCUT2D eigenvalue weighted by atomic mass is 10.2. The van der Waals surface area contributed by atoms with Gasteiger partial charge >= 0.3 is 0 Å². The number of halogens is 2. The summed E-state index contributed by atoms with van der Waals surface area (Å²) in [4.78, 5) is 29.4. The van der Waals surface area contributed by atoms with E-state index in [0.29, 0.717) is 17.1 Å². The molecule has 33 heavy (non-hydrogen) atoms. The van der Waals surface area contributed by atoms with Gasteiger partial charge in [-0.05, 0) is 43.2 Å². The first-order chi connectivity index (χ1) is 15.9. The molecule has 0 spiro atoms. The van der Waals surface area contributed by atoms with E-state index in [1.165, 1.54) is 16.8 Å². The molecule has 1 aliphatic rings. The Kier molecular flexibility index (Phi) is 5.08. The summed E-state index contributed by atoms with van der Waals surface area (Å²) in [7, 11) is 1.71. The maximum Gasteiger partial charge on any atom is 0.280 e. The van der Waals surface area contributed by atoms with Crippen molar-refractivity contribution in [1.82, 2.24) is 24.4 Å². The number of hydrogen-bond acceptors (Lipinski definition) is 5. The molecule has 3 heterocycles. The zero-order chi connectivity index (χ0) is 23.1. The fourth-order valence-electron chi connectivity index (χ4n) is 3.47. The Labute approximate surface area is 186 Å². The second-order valence-electron chi connectivity index (χ2n) is 7.84. The van der Waals surface area contributed by atoms with E-state index in [-0.39, 0.29) is 28.6 Å². The maximum absolute atomic E-state index is 13.6. The van der Waals surface area contributed by atoms with Gasteiger partial charge in [-0.3, -0.25) is 14.3 Å². The molecule has 3 aromatic heterocycles. The second-order valence-corrected chi connectivity index (χ2v) is 7.84. The van der Waals surface area contributed by atoms with Crippen LogP contribution in [-0.2, 0) is 7.05 Å². The van der Waals surface area contributed by atoms with Crippen LogP contribution < -0.4 is 10.6 Å². The summed E-state index contributed by atoms with van der Waals surface area (Å²) in [6.07, 6.45) is 0.742. The van der Waals surface area contributed by atoms with Gasteiger partial charge < -0.3 is 10.6 Å². The molecule has 5 rings (SSSR count). The highest BCUT2D eigenvalue weighted by atomic mass is 19.3. The molecule has 1 saturated carbocycles. The number of anilines is 2. The molecule has 168 valence electrons. The van der Waals surface area contributed by atoms with E-state index in [1.807, 2.05) is 0 Å². The second kappa shape index (κ2) is 8.08. The molecule has 0 aliphatic heterocycles. The van der Waals surface area contributed by atoms with E-state index in [4.69, 9.17) is 0 Å². The molecule has 1 aromatic carbocycles. The summed E-state index contributed by atoms with van der Waals surface area (Å²) in [6.45, 7) is 0. The van der Waals surface area contributed by atoms with Gasteiger partial charge in [0.2, 0.25) is 0 Å². The number of aromatic nitrogens is 5. The molecule has 0 bridgehead atoms. The number of aryl methyl sites for hydroxylation is 1. The standard InChI is InChI=1S/C22H19F2N7O2/c1-30-8-7-15(28-30)21(32)25-13-3-2-4-14(9-13)26-22(33)17-11-19-27-16(12-5-6-12)10-18(20(23)24)31(19)29-17/h2-4,7-12,20H,5-6H2,1H3,(H,25,32)(H,26,33). The van der Waals surface area contributed by atoms with Crippen molar-refractivity contribution in [2.75, 3.05) is 10.6 Å². The van der Waals surface area contributed by atoms with Crippen molar-refractivity contribution in [1.29, 1.82) is 0 Å². The van der Waals surface area contributed by atoms with Crippen LogP contribution in [0.1, 0.15) is 57.5 Å². The third-order valence-corrected chi connectivity index (χ3v) is 5.25. The van der Waals surface area contributed by atoms with Crippen LogP contribution in [0, 0.1) is 0 Å². The number of carbonyl (C=O) groups excluding carboxylic acids is 2. The number of nitrogens with one attached hydrogen (secondary N) is 2.